The van der Waals surface area contributed by atoms with Gasteiger partial charge in [-0.1, -0.05) is 30.3 Å². The van der Waals surface area contributed by atoms with Crippen LogP contribution in [0, 0.1) is 0 Å². The van der Waals surface area contributed by atoms with Gasteiger partial charge in [0.2, 0.25) is 17.6 Å². The van der Waals surface area contributed by atoms with Crippen molar-refractivity contribution in [3.63, 3.8) is 0 Å². The first kappa shape index (κ1) is 16.3. The second-order valence-corrected chi connectivity index (χ2v) is 5.28. The fourth-order valence-corrected chi connectivity index (χ4v) is 2.25. The number of aromatic nitrogens is 4. The summed E-state index contributed by atoms with van der Waals surface area (Å²) in [7, 11) is 0. The second-order valence-electron chi connectivity index (χ2n) is 5.28. The molecule has 0 radical (unpaired) electrons. The molecule has 1 aromatic heterocycles. The molecule has 2 amide bonds. The monoisotopic (exact) mass is 336 g/mol. The summed E-state index contributed by atoms with van der Waals surface area (Å²) in [6, 6.07) is 16.3. The van der Waals surface area contributed by atoms with E-state index in [1.54, 1.807) is 30.3 Å². The molecule has 126 valence electrons. The smallest absolute Gasteiger partial charge is 0.248 e. The molecule has 8 heteroatoms. The maximum Gasteiger partial charge on any atom is 0.248 e. The Hall–Kier alpha value is -3.55. The predicted octanol–water partition coefficient (Wildman–Crippen LogP) is 1.94. The number of rotatable bonds is 5. The number of amides is 2. The number of nitrogens with zero attached hydrogens (tertiary/aromatic N) is 4. The van der Waals surface area contributed by atoms with Gasteiger partial charge in [0, 0.05) is 18.2 Å². The third kappa shape index (κ3) is 4.25. The van der Waals surface area contributed by atoms with Gasteiger partial charge in [-0.25, -0.2) is 0 Å². The minimum Gasteiger partial charge on any atom is -0.326 e. The van der Waals surface area contributed by atoms with Crippen molar-refractivity contribution in [2.75, 3.05) is 10.6 Å². The van der Waals surface area contributed by atoms with Crippen LogP contribution in [-0.4, -0.2) is 32.0 Å². The van der Waals surface area contributed by atoms with Crippen LogP contribution in [0.5, 0.6) is 0 Å². The Morgan fingerprint density at radius 3 is 2.48 bits per heavy atom. The van der Waals surface area contributed by atoms with Gasteiger partial charge in [0.1, 0.15) is 6.54 Å². The Morgan fingerprint density at radius 1 is 1.00 bits per heavy atom. The summed E-state index contributed by atoms with van der Waals surface area (Å²) in [5.41, 5.74) is 1.92. The van der Waals surface area contributed by atoms with Gasteiger partial charge < -0.3 is 10.6 Å². The molecular formula is C17H16N6O2. The quantitative estimate of drug-likeness (QED) is 0.741. The maximum atomic E-state index is 12.0. The standard InChI is InChI=1S/C17H16N6O2/c1-12(24)18-15-10-6-5-9-14(15)17-20-22-23(21-17)11-16(25)19-13-7-3-2-4-8-13/h2-10H,11H2,1H3,(H,18,24)(H,19,25). The minimum absolute atomic E-state index is 0.0653. The van der Waals surface area contributed by atoms with Gasteiger partial charge in [0.05, 0.1) is 5.69 Å². The van der Waals surface area contributed by atoms with E-state index in [9.17, 15) is 9.59 Å². The van der Waals surface area contributed by atoms with E-state index in [1.807, 2.05) is 24.3 Å². The first-order valence-electron chi connectivity index (χ1n) is 7.61. The van der Waals surface area contributed by atoms with Crippen LogP contribution < -0.4 is 10.6 Å². The first-order valence-corrected chi connectivity index (χ1v) is 7.61. The SMILES string of the molecule is CC(=O)Nc1ccccc1-c1nnn(CC(=O)Nc2ccccc2)n1. The molecule has 3 aromatic rings. The molecule has 3 rings (SSSR count). The average molecular weight is 336 g/mol. The van der Waals surface area contributed by atoms with Gasteiger partial charge in [-0.3, -0.25) is 9.59 Å². The highest BCUT2D eigenvalue weighted by molar-refractivity contribution is 5.93. The van der Waals surface area contributed by atoms with Crippen LogP contribution in [0.15, 0.2) is 54.6 Å². The van der Waals surface area contributed by atoms with Crippen LogP contribution >= 0.6 is 0 Å². The van der Waals surface area contributed by atoms with Gasteiger partial charge >= 0.3 is 0 Å². The van der Waals surface area contributed by atoms with Crippen LogP contribution in [-0.2, 0) is 16.1 Å². The molecule has 0 atom stereocenters. The van der Waals surface area contributed by atoms with Crippen LogP contribution in [0.3, 0.4) is 0 Å². The molecule has 0 saturated heterocycles. The molecule has 2 N–H and O–H groups in total. The van der Waals surface area contributed by atoms with E-state index in [2.05, 4.69) is 26.0 Å². The summed E-state index contributed by atoms with van der Waals surface area (Å²) < 4.78 is 0. The number of hydrogen-bond donors (Lipinski definition) is 2. The normalized spacial score (nSPS) is 10.3. The van der Waals surface area contributed by atoms with E-state index in [0.29, 0.717) is 22.8 Å². The van der Waals surface area contributed by atoms with Crippen molar-refractivity contribution >= 4 is 23.2 Å². The summed E-state index contributed by atoms with van der Waals surface area (Å²) in [5.74, 6) is -0.121. The van der Waals surface area contributed by atoms with E-state index in [0.717, 1.165) is 0 Å². The molecule has 0 spiro atoms. The fraction of sp³-hybridized carbons (Fsp3) is 0.118. The molecule has 1 heterocycles. The Labute approximate surface area is 143 Å². The van der Waals surface area contributed by atoms with Crippen LogP contribution in [0.1, 0.15) is 6.92 Å². The number of carbonyl (C=O) groups is 2. The number of benzene rings is 2. The molecule has 0 fully saturated rings. The van der Waals surface area contributed by atoms with Gasteiger partial charge in [-0.2, -0.15) is 4.80 Å². The molecule has 8 nitrogen and oxygen atoms in total. The van der Waals surface area contributed by atoms with Crippen LogP contribution in [0.2, 0.25) is 0 Å². The van der Waals surface area contributed by atoms with Crippen molar-refractivity contribution in [2.24, 2.45) is 0 Å². The highest BCUT2D eigenvalue weighted by Gasteiger charge is 2.13. The molecule has 0 aliphatic carbocycles. The Morgan fingerprint density at radius 2 is 1.72 bits per heavy atom. The molecule has 0 aliphatic heterocycles. The number of nitrogens with one attached hydrogen (secondary N) is 2. The lowest BCUT2D eigenvalue weighted by atomic mass is 10.1. The zero-order valence-electron chi connectivity index (χ0n) is 13.5. The molecule has 0 unspecified atom stereocenters. The average Bonchev–Trinajstić information content (AvgIpc) is 3.04. The lowest BCUT2D eigenvalue weighted by molar-refractivity contribution is -0.117. The first-order chi connectivity index (χ1) is 12.1. The van der Waals surface area contributed by atoms with Crippen molar-refractivity contribution in [3.05, 3.63) is 54.6 Å². The molecular weight excluding hydrogens is 320 g/mol. The number of hydrogen-bond acceptors (Lipinski definition) is 5. The maximum absolute atomic E-state index is 12.0. The number of tetrazole rings is 1. The summed E-state index contributed by atoms with van der Waals surface area (Å²) in [6.45, 7) is 1.36. The Kier molecular flexibility index (Phi) is 4.79. The van der Waals surface area contributed by atoms with E-state index >= 15 is 0 Å². The van der Waals surface area contributed by atoms with Gasteiger partial charge in [0.15, 0.2) is 0 Å². The second kappa shape index (κ2) is 7.35. The number of para-hydroxylation sites is 2. The topological polar surface area (TPSA) is 102 Å². The zero-order valence-corrected chi connectivity index (χ0v) is 13.5. The molecule has 0 aliphatic rings. The number of carbonyl (C=O) groups excluding carboxylic acids is 2. The Bertz CT molecular complexity index is 891. The van der Waals surface area contributed by atoms with Crippen LogP contribution in [0.25, 0.3) is 11.4 Å². The molecule has 25 heavy (non-hydrogen) atoms. The largest absolute Gasteiger partial charge is 0.326 e. The summed E-state index contributed by atoms with van der Waals surface area (Å²) >= 11 is 0. The van der Waals surface area contributed by atoms with Crippen molar-refractivity contribution in [1.82, 2.24) is 20.2 Å². The molecule has 0 saturated carbocycles. The van der Waals surface area contributed by atoms with E-state index in [4.69, 9.17) is 0 Å². The summed E-state index contributed by atoms with van der Waals surface area (Å²) in [5, 5.41) is 17.5. The van der Waals surface area contributed by atoms with Crippen molar-refractivity contribution in [2.45, 2.75) is 13.5 Å². The van der Waals surface area contributed by atoms with Crippen molar-refractivity contribution in [1.29, 1.82) is 0 Å². The fourth-order valence-electron chi connectivity index (χ4n) is 2.25. The van der Waals surface area contributed by atoms with E-state index < -0.39 is 0 Å². The molecule has 2 aromatic carbocycles. The van der Waals surface area contributed by atoms with Crippen LogP contribution in [0.4, 0.5) is 11.4 Å². The Balaban J connectivity index is 1.73. The van der Waals surface area contributed by atoms with Gasteiger partial charge in [0.25, 0.3) is 0 Å². The van der Waals surface area contributed by atoms with E-state index in [-0.39, 0.29) is 18.4 Å². The lowest BCUT2D eigenvalue weighted by Gasteiger charge is -2.06. The van der Waals surface area contributed by atoms with Crippen molar-refractivity contribution in [3.8, 4) is 11.4 Å². The highest BCUT2D eigenvalue weighted by Crippen LogP contribution is 2.24. The number of anilines is 2. The highest BCUT2D eigenvalue weighted by atomic mass is 16.2. The lowest BCUT2D eigenvalue weighted by Crippen LogP contribution is -2.20. The van der Waals surface area contributed by atoms with Crippen molar-refractivity contribution < 1.29 is 9.59 Å². The van der Waals surface area contributed by atoms with E-state index in [1.165, 1.54) is 11.7 Å². The third-order valence-electron chi connectivity index (χ3n) is 3.27. The predicted molar refractivity (Wildman–Crippen MR) is 92.6 cm³/mol. The van der Waals surface area contributed by atoms with Gasteiger partial charge in [-0.05, 0) is 29.5 Å². The molecule has 0 bridgehead atoms. The zero-order chi connectivity index (χ0) is 17.6. The summed E-state index contributed by atoms with van der Waals surface area (Å²) in [6.07, 6.45) is 0. The van der Waals surface area contributed by atoms with Gasteiger partial charge in [-0.15, -0.1) is 10.2 Å². The third-order valence-corrected chi connectivity index (χ3v) is 3.27. The summed E-state index contributed by atoms with van der Waals surface area (Å²) in [4.78, 5) is 24.5. The minimum atomic E-state index is -0.259.